The maximum atomic E-state index is 13.7. The first-order valence-corrected chi connectivity index (χ1v) is 8.92. The van der Waals surface area contributed by atoms with Crippen molar-refractivity contribution in [3.8, 4) is 11.4 Å². The topological polar surface area (TPSA) is 66.3 Å². The van der Waals surface area contributed by atoms with Gasteiger partial charge in [-0.1, -0.05) is 0 Å². The van der Waals surface area contributed by atoms with Gasteiger partial charge in [-0.3, -0.25) is 13.5 Å². The number of fused-ring (bicyclic) bond motifs is 2. The number of imidazole rings is 2. The number of ether oxygens (including phenoxy) is 1. The largest absolute Gasteiger partial charge is 0.381 e. The van der Waals surface area contributed by atoms with E-state index in [2.05, 4.69) is 4.98 Å². The van der Waals surface area contributed by atoms with Crippen LogP contribution in [0.1, 0.15) is 18.9 Å². The van der Waals surface area contributed by atoms with Crippen LogP contribution in [0.2, 0.25) is 0 Å². The molecule has 8 heteroatoms. The van der Waals surface area contributed by atoms with Gasteiger partial charge in [0.15, 0.2) is 5.65 Å². The van der Waals surface area contributed by atoms with Gasteiger partial charge >= 0.3 is 5.69 Å². The molecule has 0 saturated carbocycles. The zero-order chi connectivity index (χ0) is 18.5. The Bertz CT molecular complexity index is 1220. The Hall–Kier alpha value is -3.00. The minimum absolute atomic E-state index is 0.0670. The van der Waals surface area contributed by atoms with Gasteiger partial charge in [-0.2, -0.15) is 0 Å². The Balaban J connectivity index is 1.72. The Morgan fingerprint density at radius 3 is 2.81 bits per heavy atom. The van der Waals surface area contributed by atoms with Gasteiger partial charge in [0.2, 0.25) is 0 Å². The summed E-state index contributed by atoms with van der Waals surface area (Å²) in [6.45, 7) is 1.28. The van der Waals surface area contributed by atoms with Crippen LogP contribution >= 0.6 is 0 Å². The fraction of sp³-hybridized carbons (Fsp3) is 0.316. The second-order valence-electron chi connectivity index (χ2n) is 6.81. The zero-order valence-electron chi connectivity index (χ0n) is 14.8. The van der Waals surface area contributed by atoms with Gasteiger partial charge in [-0.15, -0.1) is 0 Å². The molecular formula is C19H18FN5O2. The number of nitrogens with zero attached hydrogens (tertiary/aromatic N) is 5. The van der Waals surface area contributed by atoms with Gasteiger partial charge < -0.3 is 4.74 Å². The molecule has 0 spiro atoms. The minimum Gasteiger partial charge on any atom is -0.381 e. The molecular weight excluding hydrogens is 349 g/mol. The van der Waals surface area contributed by atoms with Crippen LogP contribution in [0.4, 0.5) is 4.39 Å². The average molecular weight is 367 g/mol. The van der Waals surface area contributed by atoms with Crippen molar-refractivity contribution in [3.05, 3.63) is 53.0 Å². The summed E-state index contributed by atoms with van der Waals surface area (Å²) in [4.78, 5) is 21.9. The van der Waals surface area contributed by atoms with Crippen LogP contribution in [0.5, 0.6) is 0 Å². The van der Waals surface area contributed by atoms with E-state index >= 15 is 0 Å². The molecule has 5 rings (SSSR count). The van der Waals surface area contributed by atoms with Crippen LogP contribution in [0.25, 0.3) is 28.2 Å². The van der Waals surface area contributed by atoms with Crippen molar-refractivity contribution in [2.24, 2.45) is 7.05 Å². The molecule has 0 radical (unpaired) electrons. The van der Waals surface area contributed by atoms with Crippen LogP contribution in [-0.4, -0.2) is 36.7 Å². The predicted octanol–water partition coefficient (Wildman–Crippen LogP) is 2.54. The lowest BCUT2D eigenvalue weighted by Gasteiger charge is -2.22. The number of rotatable bonds is 2. The molecule has 7 nitrogen and oxygen atoms in total. The molecule has 1 aliphatic rings. The molecule has 0 amide bonds. The van der Waals surface area contributed by atoms with Gasteiger partial charge in [-0.05, 0) is 37.1 Å². The van der Waals surface area contributed by atoms with Gasteiger partial charge in [0.25, 0.3) is 0 Å². The third kappa shape index (κ3) is 2.48. The van der Waals surface area contributed by atoms with E-state index in [1.807, 2.05) is 12.1 Å². The van der Waals surface area contributed by atoms with Crippen molar-refractivity contribution in [2.75, 3.05) is 13.2 Å². The fourth-order valence-corrected chi connectivity index (χ4v) is 3.79. The number of hydrogen-bond donors (Lipinski definition) is 0. The van der Waals surface area contributed by atoms with Crippen molar-refractivity contribution in [1.29, 1.82) is 0 Å². The van der Waals surface area contributed by atoms with E-state index in [9.17, 15) is 9.18 Å². The summed E-state index contributed by atoms with van der Waals surface area (Å²) in [6, 6.07) is 6.79. The number of hydrogen-bond acceptors (Lipinski definition) is 4. The summed E-state index contributed by atoms with van der Waals surface area (Å²) < 4.78 is 24.2. The van der Waals surface area contributed by atoms with Crippen LogP contribution in [-0.2, 0) is 11.8 Å². The molecule has 4 aromatic heterocycles. The highest BCUT2D eigenvalue weighted by Gasteiger charge is 2.23. The van der Waals surface area contributed by atoms with E-state index in [0.29, 0.717) is 35.9 Å². The Morgan fingerprint density at radius 2 is 2.00 bits per heavy atom. The van der Waals surface area contributed by atoms with Crippen molar-refractivity contribution in [2.45, 2.75) is 18.9 Å². The number of aryl methyl sites for hydroxylation is 1. The summed E-state index contributed by atoms with van der Waals surface area (Å²) in [5.41, 5.74) is 3.30. The second kappa shape index (κ2) is 6.02. The number of aromatic nitrogens is 5. The quantitative estimate of drug-likeness (QED) is 0.546. The van der Waals surface area contributed by atoms with Crippen LogP contribution in [0.15, 0.2) is 41.5 Å². The van der Waals surface area contributed by atoms with Crippen molar-refractivity contribution < 1.29 is 9.13 Å². The Labute approximate surface area is 153 Å². The first kappa shape index (κ1) is 16.2. The summed E-state index contributed by atoms with van der Waals surface area (Å²) >= 11 is 0. The first-order chi connectivity index (χ1) is 13.1. The average Bonchev–Trinajstić information content (AvgIpc) is 3.21. The lowest BCUT2D eigenvalue weighted by molar-refractivity contribution is 0.0695. The van der Waals surface area contributed by atoms with Crippen LogP contribution in [0, 0.1) is 5.82 Å². The van der Waals surface area contributed by atoms with Gasteiger partial charge in [0, 0.05) is 32.5 Å². The smallest absolute Gasteiger partial charge is 0.330 e. The molecule has 4 aromatic rings. The summed E-state index contributed by atoms with van der Waals surface area (Å²) in [5.74, 6) is -0.346. The summed E-state index contributed by atoms with van der Waals surface area (Å²) in [6.07, 6.45) is 4.63. The third-order valence-electron chi connectivity index (χ3n) is 5.22. The zero-order valence-corrected chi connectivity index (χ0v) is 14.8. The molecule has 1 saturated heterocycles. The van der Waals surface area contributed by atoms with Crippen molar-refractivity contribution in [3.63, 3.8) is 0 Å². The molecule has 0 aliphatic carbocycles. The lowest BCUT2D eigenvalue weighted by Crippen LogP contribution is -2.30. The van der Waals surface area contributed by atoms with Gasteiger partial charge in [0.05, 0.1) is 23.1 Å². The monoisotopic (exact) mass is 367 g/mol. The maximum absolute atomic E-state index is 13.7. The maximum Gasteiger partial charge on any atom is 0.330 e. The highest BCUT2D eigenvalue weighted by atomic mass is 19.1. The SMILES string of the molecule is Cn1c(=O)n(C2CCOCC2)c2nc(-c3cnc4ccc(F)cn34)ccc21. The molecule has 1 aliphatic heterocycles. The normalized spacial score (nSPS) is 15.8. The number of pyridine rings is 2. The molecule has 0 unspecified atom stereocenters. The van der Waals surface area contributed by atoms with Crippen LogP contribution in [0.3, 0.4) is 0 Å². The van der Waals surface area contributed by atoms with Gasteiger partial charge in [-0.25, -0.2) is 19.2 Å². The molecule has 1 fully saturated rings. The Kier molecular flexibility index (Phi) is 3.61. The molecule has 0 N–H and O–H groups in total. The molecule has 5 heterocycles. The van der Waals surface area contributed by atoms with Crippen molar-refractivity contribution >= 4 is 16.8 Å². The molecule has 138 valence electrons. The van der Waals surface area contributed by atoms with Crippen LogP contribution < -0.4 is 5.69 Å². The van der Waals surface area contributed by atoms with Gasteiger partial charge in [0.1, 0.15) is 11.5 Å². The fourth-order valence-electron chi connectivity index (χ4n) is 3.79. The summed E-state index contributed by atoms with van der Waals surface area (Å²) in [5, 5.41) is 0. The van der Waals surface area contributed by atoms with E-state index in [4.69, 9.17) is 9.72 Å². The highest BCUT2D eigenvalue weighted by Crippen LogP contribution is 2.26. The van der Waals surface area contributed by atoms with E-state index < -0.39 is 0 Å². The van der Waals surface area contributed by atoms with E-state index in [0.717, 1.165) is 18.4 Å². The Morgan fingerprint density at radius 1 is 1.19 bits per heavy atom. The third-order valence-corrected chi connectivity index (χ3v) is 5.22. The summed E-state index contributed by atoms with van der Waals surface area (Å²) in [7, 11) is 1.76. The lowest BCUT2D eigenvalue weighted by atomic mass is 10.1. The van der Waals surface area contributed by atoms with Crippen molar-refractivity contribution in [1.82, 2.24) is 23.5 Å². The second-order valence-corrected chi connectivity index (χ2v) is 6.81. The predicted molar refractivity (Wildman–Crippen MR) is 98.2 cm³/mol. The molecule has 27 heavy (non-hydrogen) atoms. The molecule has 0 aromatic carbocycles. The highest BCUT2D eigenvalue weighted by molar-refractivity contribution is 5.76. The van der Waals surface area contributed by atoms with E-state index in [1.54, 1.807) is 32.8 Å². The molecule has 0 atom stereocenters. The molecule has 0 bridgehead atoms. The minimum atomic E-state index is -0.346. The number of halogens is 1. The first-order valence-electron chi connectivity index (χ1n) is 8.92. The van der Waals surface area contributed by atoms with E-state index in [1.165, 1.54) is 12.3 Å². The van der Waals surface area contributed by atoms with E-state index in [-0.39, 0.29) is 17.5 Å². The standard InChI is InChI=1S/C19H18FN5O2/c1-23-15-4-3-14(16-10-21-17-5-2-12(20)11-24(16)17)22-18(15)25(19(23)26)13-6-8-27-9-7-13/h2-5,10-11,13H,6-9H2,1H3.